The van der Waals surface area contributed by atoms with E-state index in [0.717, 1.165) is 32.6 Å². The van der Waals surface area contributed by atoms with E-state index in [0.29, 0.717) is 6.04 Å². The van der Waals surface area contributed by atoms with Crippen LogP contribution in [-0.4, -0.2) is 53.2 Å². The predicted octanol–water partition coefficient (Wildman–Crippen LogP) is 0.835. The minimum absolute atomic E-state index is 0.499. The van der Waals surface area contributed by atoms with Crippen molar-refractivity contribution in [1.82, 2.24) is 9.80 Å². The van der Waals surface area contributed by atoms with Gasteiger partial charge in [-0.15, -0.1) is 0 Å². The third-order valence-electron chi connectivity index (χ3n) is 3.09. The van der Waals surface area contributed by atoms with Gasteiger partial charge in [-0.05, 0) is 32.4 Å². The summed E-state index contributed by atoms with van der Waals surface area (Å²) in [7, 11) is 0. The minimum atomic E-state index is -0.762. The van der Waals surface area contributed by atoms with E-state index in [1.807, 2.05) is 0 Å². The van der Waals surface area contributed by atoms with Crippen molar-refractivity contribution in [3.05, 3.63) is 0 Å². The zero-order valence-electron chi connectivity index (χ0n) is 7.78. The van der Waals surface area contributed by atoms with Crippen LogP contribution >= 0.6 is 0 Å². The van der Waals surface area contributed by atoms with Crippen molar-refractivity contribution >= 4 is 6.09 Å². The van der Waals surface area contributed by atoms with Crippen LogP contribution in [-0.2, 0) is 0 Å². The monoisotopic (exact) mass is 184 g/mol. The normalized spacial score (nSPS) is 29.8. The summed E-state index contributed by atoms with van der Waals surface area (Å²) in [5, 5.41) is 8.78. The second-order valence-electron chi connectivity index (χ2n) is 3.91. The summed E-state index contributed by atoms with van der Waals surface area (Å²) in [4.78, 5) is 14.6. The molecule has 2 heterocycles. The molecule has 2 rings (SSSR count). The minimum Gasteiger partial charge on any atom is -0.465 e. The van der Waals surface area contributed by atoms with Crippen molar-refractivity contribution in [3.63, 3.8) is 0 Å². The van der Waals surface area contributed by atoms with E-state index >= 15 is 0 Å². The SMILES string of the molecule is O=C(O)N1CC[C@H](N2CCCC2)C1. The molecular formula is C9H16N2O2. The highest BCUT2D eigenvalue weighted by atomic mass is 16.4. The first-order chi connectivity index (χ1) is 6.27. The van der Waals surface area contributed by atoms with E-state index in [4.69, 9.17) is 5.11 Å². The van der Waals surface area contributed by atoms with Crippen LogP contribution in [0, 0.1) is 0 Å². The van der Waals surface area contributed by atoms with Crippen LogP contribution in [0.4, 0.5) is 4.79 Å². The maximum atomic E-state index is 10.7. The first-order valence-corrected chi connectivity index (χ1v) is 4.99. The highest BCUT2D eigenvalue weighted by Gasteiger charge is 2.31. The number of hydrogen-bond donors (Lipinski definition) is 1. The van der Waals surface area contributed by atoms with E-state index < -0.39 is 6.09 Å². The molecule has 0 radical (unpaired) electrons. The smallest absolute Gasteiger partial charge is 0.407 e. The Hall–Kier alpha value is -0.770. The Morgan fingerprint density at radius 3 is 2.46 bits per heavy atom. The van der Waals surface area contributed by atoms with Gasteiger partial charge in [0.05, 0.1) is 0 Å². The van der Waals surface area contributed by atoms with E-state index in [1.54, 1.807) is 0 Å². The number of nitrogens with zero attached hydrogens (tertiary/aromatic N) is 2. The molecule has 2 aliphatic rings. The van der Waals surface area contributed by atoms with Crippen LogP contribution in [0.15, 0.2) is 0 Å². The lowest BCUT2D eigenvalue weighted by Crippen LogP contribution is -2.36. The molecule has 0 spiro atoms. The summed E-state index contributed by atoms with van der Waals surface area (Å²) in [5.74, 6) is 0. The summed E-state index contributed by atoms with van der Waals surface area (Å²) in [6, 6.07) is 0.499. The first kappa shape index (κ1) is 8.81. The van der Waals surface area contributed by atoms with Crippen LogP contribution in [0.5, 0.6) is 0 Å². The lowest BCUT2D eigenvalue weighted by Gasteiger charge is -2.22. The number of hydrogen-bond acceptors (Lipinski definition) is 2. The van der Waals surface area contributed by atoms with E-state index in [2.05, 4.69) is 4.90 Å². The third kappa shape index (κ3) is 1.77. The van der Waals surface area contributed by atoms with Crippen LogP contribution in [0.3, 0.4) is 0 Å². The molecule has 0 aromatic carbocycles. The maximum Gasteiger partial charge on any atom is 0.407 e. The van der Waals surface area contributed by atoms with Gasteiger partial charge in [0.2, 0.25) is 0 Å². The van der Waals surface area contributed by atoms with Crippen molar-refractivity contribution in [2.24, 2.45) is 0 Å². The highest BCUT2D eigenvalue weighted by molar-refractivity contribution is 5.65. The van der Waals surface area contributed by atoms with Gasteiger partial charge in [0.25, 0.3) is 0 Å². The molecular weight excluding hydrogens is 168 g/mol. The van der Waals surface area contributed by atoms with Gasteiger partial charge in [0.15, 0.2) is 0 Å². The average molecular weight is 184 g/mol. The number of likely N-dealkylation sites (tertiary alicyclic amines) is 2. The fourth-order valence-corrected chi connectivity index (χ4v) is 2.32. The van der Waals surface area contributed by atoms with Gasteiger partial charge in [0, 0.05) is 19.1 Å². The number of carbonyl (C=O) groups is 1. The molecule has 1 amide bonds. The lowest BCUT2D eigenvalue weighted by atomic mass is 10.2. The quantitative estimate of drug-likeness (QED) is 0.656. The van der Waals surface area contributed by atoms with E-state index in [1.165, 1.54) is 17.7 Å². The van der Waals surface area contributed by atoms with Crippen molar-refractivity contribution < 1.29 is 9.90 Å². The molecule has 1 atom stereocenters. The second-order valence-corrected chi connectivity index (χ2v) is 3.91. The largest absolute Gasteiger partial charge is 0.465 e. The van der Waals surface area contributed by atoms with Gasteiger partial charge in [-0.1, -0.05) is 0 Å². The number of rotatable bonds is 1. The van der Waals surface area contributed by atoms with Gasteiger partial charge in [-0.3, -0.25) is 4.90 Å². The van der Waals surface area contributed by atoms with Crippen molar-refractivity contribution in [2.45, 2.75) is 25.3 Å². The molecule has 0 aromatic heterocycles. The molecule has 13 heavy (non-hydrogen) atoms. The molecule has 2 fully saturated rings. The highest BCUT2D eigenvalue weighted by Crippen LogP contribution is 2.20. The first-order valence-electron chi connectivity index (χ1n) is 4.99. The maximum absolute atomic E-state index is 10.7. The van der Waals surface area contributed by atoms with Gasteiger partial charge >= 0.3 is 6.09 Å². The summed E-state index contributed by atoms with van der Waals surface area (Å²) >= 11 is 0. The zero-order chi connectivity index (χ0) is 9.26. The van der Waals surface area contributed by atoms with Crippen molar-refractivity contribution in [3.8, 4) is 0 Å². The van der Waals surface area contributed by atoms with Crippen LogP contribution in [0.2, 0.25) is 0 Å². The van der Waals surface area contributed by atoms with Crippen LogP contribution in [0.25, 0.3) is 0 Å². The Balaban J connectivity index is 1.86. The number of carboxylic acid groups (broad SMARTS) is 1. The average Bonchev–Trinajstić information content (AvgIpc) is 2.75. The summed E-state index contributed by atoms with van der Waals surface area (Å²) in [6.45, 7) is 3.77. The Labute approximate surface area is 78.1 Å². The molecule has 2 aliphatic heterocycles. The Bertz CT molecular complexity index is 202. The predicted molar refractivity (Wildman–Crippen MR) is 48.8 cm³/mol. The second kappa shape index (κ2) is 3.54. The lowest BCUT2D eigenvalue weighted by molar-refractivity contribution is 0.150. The Morgan fingerprint density at radius 1 is 1.23 bits per heavy atom. The van der Waals surface area contributed by atoms with Crippen LogP contribution in [0.1, 0.15) is 19.3 Å². The molecule has 0 aromatic rings. The Morgan fingerprint density at radius 2 is 1.92 bits per heavy atom. The fourth-order valence-electron chi connectivity index (χ4n) is 2.32. The van der Waals surface area contributed by atoms with Gasteiger partial charge in [-0.25, -0.2) is 4.79 Å². The van der Waals surface area contributed by atoms with Gasteiger partial charge in [-0.2, -0.15) is 0 Å². The molecule has 1 N–H and O–H groups in total. The molecule has 4 nitrogen and oxygen atoms in total. The summed E-state index contributed by atoms with van der Waals surface area (Å²) < 4.78 is 0. The molecule has 4 heteroatoms. The Kier molecular flexibility index (Phi) is 2.40. The molecule has 0 saturated carbocycles. The number of amides is 1. The zero-order valence-corrected chi connectivity index (χ0v) is 7.78. The van der Waals surface area contributed by atoms with Gasteiger partial charge < -0.3 is 10.0 Å². The summed E-state index contributed by atoms with van der Waals surface area (Å²) in [5.41, 5.74) is 0. The third-order valence-corrected chi connectivity index (χ3v) is 3.09. The molecule has 0 bridgehead atoms. The molecule has 0 unspecified atom stereocenters. The van der Waals surface area contributed by atoms with Crippen molar-refractivity contribution in [1.29, 1.82) is 0 Å². The fraction of sp³-hybridized carbons (Fsp3) is 0.889. The molecule has 2 saturated heterocycles. The topological polar surface area (TPSA) is 43.8 Å². The van der Waals surface area contributed by atoms with Gasteiger partial charge in [0.1, 0.15) is 0 Å². The standard InChI is InChI=1S/C9H16N2O2/c12-9(13)11-6-3-8(7-11)10-4-1-2-5-10/h8H,1-7H2,(H,12,13)/t8-/m0/s1. The van der Waals surface area contributed by atoms with Crippen molar-refractivity contribution in [2.75, 3.05) is 26.2 Å². The molecule has 74 valence electrons. The van der Waals surface area contributed by atoms with E-state index in [9.17, 15) is 4.79 Å². The molecule has 0 aliphatic carbocycles. The summed E-state index contributed by atoms with van der Waals surface area (Å²) in [6.07, 6.45) is 2.82. The van der Waals surface area contributed by atoms with E-state index in [-0.39, 0.29) is 0 Å². The van der Waals surface area contributed by atoms with Crippen LogP contribution < -0.4 is 0 Å².